The van der Waals surface area contributed by atoms with E-state index in [9.17, 15) is 5.11 Å². The summed E-state index contributed by atoms with van der Waals surface area (Å²) in [6.45, 7) is 2.39. The standard InChI is InChI=1S/C12H15NO2/c1-9(14)8-13-6-5-10-3-4-11(15-2)7-12(10)13/h3-7,9,14H,8H2,1-2H3. The topological polar surface area (TPSA) is 34.4 Å². The smallest absolute Gasteiger partial charge is 0.120 e. The average Bonchev–Trinajstić information content (AvgIpc) is 2.60. The number of benzene rings is 1. The Morgan fingerprint density at radius 2 is 2.20 bits per heavy atom. The van der Waals surface area contributed by atoms with Crippen molar-refractivity contribution in [2.45, 2.75) is 19.6 Å². The lowest BCUT2D eigenvalue weighted by Crippen LogP contribution is -2.10. The van der Waals surface area contributed by atoms with Crippen LogP contribution in [-0.4, -0.2) is 22.9 Å². The summed E-state index contributed by atoms with van der Waals surface area (Å²) in [7, 11) is 1.66. The van der Waals surface area contributed by atoms with Crippen LogP contribution in [-0.2, 0) is 6.54 Å². The summed E-state index contributed by atoms with van der Waals surface area (Å²) >= 11 is 0. The number of hydrogen-bond acceptors (Lipinski definition) is 2. The van der Waals surface area contributed by atoms with E-state index in [4.69, 9.17) is 4.74 Å². The van der Waals surface area contributed by atoms with Crippen LogP contribution in [0.5, 0.6) is 5.75 Å². The second kappa shape index (κ2) is 3.95. The van der Waals surface area contributed by atoms with Crippen LogP contribution in [0.15, 0.2) is 30.5 Å². The predicted octanol–water partition coefficient (Wildman–Crippen LogP) is 2.03. The molecule has 1 unspecified atom stereocenters. The van der Waals surface area contributed by atoms with Crippen molar-refractivity contribution in [2.24, 2.45) is 0 Å². The van der Waals surface area contributed by atoms with E-state index in [0.29, 0.717) is 6.54 Å². The fraction of sp³-hybridized carbons (Fsp3) is 0.333. The van der Waals surface area contributed by atoms with Crippen molar-refractivity contribution in [3.63, 3.8) is 0 Å². The van der Waals surface area contributed by atoms with Gasteiger partial charge in [-0.25, -0.2) is 0 Å². The van der Waals surface area contributed by atoms with Crippen molar-refractivity contribution in [2.75, 3.05) is 7.11 Å². The van der Waals surface area contributed by atoms with Gasteiger partial charge in [0.1, 0.15) is 5.75 Å². The molecule has 2 rings (SSSR count). The van der Waals surface area contributed by atoms with E-state index in [2.05, 4.69) is 0 Å². The average molecular weight is 205 g/mol. The molecule has 80 valence electrons. The molecule has 1 N–H and O–H groups in total. The van der Waals surface area contributed by atoms with E-state index in [0.717, 1.165) is 16.7 Å². The first kappa shape index (κ1) is 10.1. The van der Waals surface area contributed by atoms with Crippen molar-refractivity contribution in [3.05, 3.63) is 30.5 Å². The molecule has 0 saturated carbocycles. The van der Waals surface area contributed by atoms with Crippen LogP contribution in [0.1, 0.15) is 6.92 Å². The van der Waals surface area contributed by atoms with Gasteiger partial charge in [-0.3, -0.25) is 0 Å². The number of methoxy groups -OCH3 is 1. The molecule has 0 radical (unpaired) electrons. The van der Waals surface area contributed by atoms with Gasteiger partial charge in [0, 0.05) is 18.8 Å². The Hall–Kier alpha value is -1.48. The van der Waals surface area contributed by atoms with Crippen LogP contribution in [0.2, 0.25) is 0 Å². The second-order valence-corrected chi connectivity index (χ2v) is 3.74. The van der Waals surface area contributed by atoms with E-state index in [1.54, 1.807) is 14.0 Å². The summed E-state index contributed by atoms with van der Waals surface area (Å²) in [4.78, 5) is 0. The summed E-state index contributed by atoms with van der Waals surface area (Å²) in [5.74, 6) is 0.841. The fourth-order valence-electron chi connectivity index (χ4n) is 1.73. The van der Waals surface area contributed by atoms with Crippen molar-refractivity contribution in [1.82, 2.24) is 4.57 Å². The van der Waals surface area contributed by atoms with Gasteiger partial charge in [0.15, 0.2) is 0 Å². The highest BCUT2D eigenvalue weighted by Crippen LogP contribution is 2.21. The summed E-state index contributed by atoms with van der Waals surface area (Å²) in [5, 5.41) is 10.5. The SMILES string of the molecule is COc1ccc2ccn(CC(C)O)c2c1. The number of rotatable bonds is 3. The Morgan fingerprint density at radius 1 is 1.40 bits per heavy atom. The third-order valence-corrected chi connectivity index (χ3v) is 2.44. The molecule has 2 aromatic rings. The van der Waals surface area contributed by atoms with E-state index >= 15 is 0 Å². The Bertz CT molecular complexity index is 460. The molecule has 1 heterocycles. The monoisotopic (exact) mass is 205 g/mol. The van der Waals surface area contributed by atoms with Crippen LogP contribution in [0.3, 0.4) is 0 Å². The normalized spacial score (nSPS) is 13.0. The summed E-state index contributed by atoms with van der Waals surface area (Å²) in [6.07, 6.45) is 1.64. The lowest BCUT2D eigenvalue weighted by atomic mass is 10.2. The summed E-state index contributed by atoms with van der Waals surface area (Å²) in [5.41, 5.74) is 1.09. The van der Waals surface area contributed by atoms with Crippen LogP contribution < -0.4 is 4.74 Å². The zero-order valence-corrected chi connectivity index (χ0v) is 8.97. The number of aliphatic hydroxyl groups excluding tert-OH is 1. The van der Waals surface area contributed by atoms with Gasteiger partial charge in [0.25, 0.3) is 0 Å². The number of nitrogens with zero attached hydrogens (tertiary/aromatic N) is 1. The summed E-state index contributed by atoms with van der Waals surface area (Å²) in [6, 6.07) is 7.98. The van der Waals surface area contributed by atoms with E-state index in [1.807, 2.05) is 35.0 Å². The summed E-state index contributed by atoms with van der Waals surface area (Å²) < 4.78 is 7.21. The third-order valence-electron chi connectivity index (χ3n) is 2.44. The largest absolute Gasteiger partial charge is 0.497 e. The van der Waals surface area contributed by atoms with Gasteiger partial charge >= 0.3 is 0 Å². The molecule has 1 aromatic heterocycles. The van der Waals surface area contributed by atoms with E-state index in [1.165, 1.54) is 0 Å². The van der Waals surface area contributed by atoms with Gasteiger partial charge in [-0.1, -0.05) is 0 Å². The zero-order valence-electron chi connectivity index (χ0n) is 8.97. The van der Waals surface area contributed by atoms with Crippen LogP contribution >= 0.6 is 0 Å². The first-order valence-electron chi connectivity index (χ1n) is 5.01. The molecule has 0 fully saturated rings. The maximum Gasteiger partial charge on any atom is 0.120 e. The molecule has 3 nitrogen and oxygen atoms in total. The van der Waals surface area contributed by atoms with Gasteiger partial charge in [0.05, 0.1) is 18.7 Å². The highest BCUT2D eigenvalue weighted by Gasteiger charge is 2.04. The molecule has 3 heteroatoms. The quantitative estimate of drug-likeness (QED) is 0.832. The number of aromatic nitrogens is 1. The number of hydrogen-bond donors (Lipinski definition) is 1. The minimum absolute atomic E-state index is 0.341. The molecule has 0 spiro atoms. The Morgan fingerprint density at radius 3 is 2.87 bits per heavy atom. The highest BCUT2D eigenvalue weighted by atomic mass is 16.5. The van der Waals surface area contributed by atoms with Gasteiger partial charge in [0.2, 0.25) is 0 Å². The molecule has 0 aliphatic heterocycles. The minimum atomic E-state index is -0.341. The maximum atomic E-state index is 9.36. The van der Waals surface area contributed by atoms with Crippen LogP contribution in [0.4, 0.5) is 0 Å². The third kappa shape index (κ3) is 1.97. The molecule has 0 amide bonds. The first-order valence-corrected chi connectivity index (χ1v) is 5.01. The van der Waals surface area contributed by atoms with Crippen LogP contribution in [0, 0.1) is 0 Å². The van der Waals surface area contributed by atoms with Crippen molar-refractivity contribution in [3.8, 4) is 5.75 Å². The molecule has 1 atom stereocenters. The second-order valence-electron chi connectivity index (χ2n) is 3.74. The molecule has 15 heavy (non-hydrogen) atoms. The maximum absolute atomic E-state index is 9.36. The molecule has 0 aliphatic carbocycles. The zero-order chi connectivity index (χ0) is 10.8. The molecular weight excluding hydrogens is 190 g/mol. The molecular formula is C12H15NO2. The molecule has 0 aliphatic rings. The minimum Gasteiger partial charge on any atom is -0.497 e. The molecule has 0 saturated heterocycles. The van der Waals surface area contributed by atoms with Gasteiger partial charge in [-0.15, -0.1) is 0 Å². The van der Waals surface area contributed by atoms with Gasteiger partial charge in [-0.2, -0.15) is 0 Å². The van der Waals surface area contributed by atoms with Crippen molar-refractivity contribution in [1.29, 1.82) is 0 Å². The molecule has 1 aromatic carbocycles. The fourth-order valence-corrected chi connectivity index (χ4v) is 1.73. The Labute approximate surface area is 88.9 Å². The van der Waals surface area contributed by atoms with Gasteiger partial charge < -0.3 is 14.4 Å². The predicted molar refractivity (Wildman–Crippen MR) is 60.2 cm³/mol. The van der Waals surface area contributed by atoms with Gasteiger partial charge in [-0.05, 0) is 30.5 Å². The number of aliphatic hydroxyl groups is 1. The lowest BCUT2D eigenvalue weighted by Gasteiger charge is -2.08. The van der Waals surface area contributed by atoms with E-state index in [-0.39, 0.29) is 6.10 Å². The number of fused-ring (bicyclic) bond motifs is 1. The number of ether oxygens (including phenoxy) is 1. The highest BCUT2D eigenvalue weighted by molar-refractivity contribution is 5.81. The van der Waals surface area contributed by atoms with Crippen LogP contribution in [0.25, 0.3) is 10.9 Å². The Balaban J connectivity index is 2.46. The Kier molecular flexibility index (Phi) is 2.64. The molecule has 0 bridgehead atoms. The van der Waals surface area contributed by atoms with E-state index < -0.39 is 0 Å². The van der Waals surface area contributed by atoms with Crippen molar-refractivity contribution < 1.29 is 9.84 Å². The van der Waals surface area contributed by atoms with Crippen molar-refractivity contribution >= 4 is 10.9 Å². The first-order chi connectivity index (χ1) is 7.20. The lowest BCUT2D eigenvalue weighted by molar-refractivity contribution is 0.175.